The van der Waals surface area contributed by atoms with Gasteiger partial charge in [-0.25, -0.2) is 0 Å². The molecule has 2 nitrogen and oxygen atoms in total. The van der Waals surface area contributed by atoms with Crippen molar-refractivity contribution in [3.05, 3.63) is 27.7 Å². The van der Waals surface area contributed by atoms with Crippen LogP contribution in [0.5, 0.6) is 5.75 Å². The first-order chi connectivity index (χ1) is 6.73. The molecule has 6 heteroatoms. The molecule has 0 amide bonds. The van der Waals surface area contributed by atoms with Gasteiger partial charge in [0, 0.05) is 0 Å². The summed E-state index contributed by atoms with van der Waals surface area (Å²) in [7, 11) is 0. The second kappa shape index (κ2) is 3.84. The van der Waals surface area contributed by atoms with Gasteiger partial charge in [-0.2, -0.15) is 13.2 Å². The van der Waals surface area contributed by atoms with E-state index in [9.17, 15) is 23.1 Å². The zero-order chi connectivity index (χ0) is 11.8. The van der Waals surface area contributed by atoms with Crippen molar-refractivity contribution in [2.75, 3.05) is 0 Å². The quantitative estimate of drug-likeness (QED) is 0.802. The fourth-order valence-corrected chi connectivity index (χ4v) is 1.49. The minimum atomic E-state index is -4.54. The van der Waals surface area contributed by atoms with Crippen LogP contribution in [0.2, 0.25) is 0 Å². The number of carbonyl (C=O) groups excluding carboxylic acids is 1. The molecule has 1 aromatic rings. The molecule has 0 saturated heterocycles. The second-order valence-electron chi connectivity index (χ2n) is 2.91. The van der Waals surface area contributed by atoms with Crippen LogP contribution in [0.25, 0.3) is 0 Å². The van der Waals surface area contributed by atoms with Gasteiger partial charge >= 0.3 is 6.18 Å². The number of carbonyl (C=O) groups is 1. The highest BCUT2D eigenvalue weighted by molar-refractivity contribution is 9.10. The fraction of sp³-hybridized carbons (Fsp3) is 0.222. The number of Topliss-reactive ketones (excluding diaryl/α,β-unsaturated/α-hetero) is 1. The molecule has 0 aliphatic carbocycles. The Labute approximate surface area is 91.8 Å². The Bertz CT molecular complexity index is 413. The van der Waals surface area contributed by atoms with E-state index in [1.807, 2.05) is 0 Å². The third-order valence-corrected chi connectivity index (χ3v) is 2.37. The molecule has 1 N–H and O–H groups in total. The van der Waals surface area contributed by atoms with Crippen LogP contribution in [0.4, 0.5) is 13.2 Å². The van der Waals surface area contributed by atoms with Crippen molar-refractivity contribution in [1.29, 1.82) is 0 Å². The average Bonchev–Trinajstić information content (AvgIpc) is 2.06. The maximum absolute atomic E-state index is 12.3. The van der Waals surface area contributed by atoms with Gasteiger partial charge in [-0.05, 0) is 35.0 Å². The Kier molecular flexibility index (Phi) is 3.08. The third-order valence-electron chi connectivity index (χ3n) is 1.77. The van der Waals surface area contributed by atoms with Gasteiger partial charge in [0.1, 0.15) is 5.75 Å². The van der Waals surface area contributed by atoms with Crippen molar-refractivity contribution in [1.82, 2.24) is 0 Å². The number of rotatable bonds is 1. The Morgan fingerprint density at radius 2 is 1.93 bits per heavy atom. The molecule has 1 aromatic carbocycles. The van der Waals surface area contributed by atoms with E-state index < -0.39 is 23.3 Å². The summed E-state index contributed by atoms with van der Waals surface area (Å²) in [6, 6.07) is 1.35. The Morgan fingerprint density at radius 3 is 2.33 bits per heavy atom. The summed E-state index contributed by atoms with van der Waals surface area (Å²) < 4.78 is 36.8. The van der Waals surface area contributed by atoms with Crippen molar-refractivity contribution < 1.29 is 23.1 Å². The summed E-state index contributed by atoms with van der Waals surface area (Å²) in [5.41, 5.74) is -1.32. The first kappa shape index (κ1) is 12.0. The lowest BCUT2D eigenvalue weighted by Gasteiger charge is -2.10. The van der Waals surface area contributed by atoms with Gasteiger partial charge in [-0.15, -0.1) is 0 Å². The Hall–Kier alpha value is -1.04. The van der Waals surface area contributed by atoms with E-state index in [-0.39, 0.29) is 10.0 Å². The lowest BCUT2D eigenvalue weighted by atomic mass is 10.1. The SMILES string of the molecule is CC(=O)c1cc(C(F)(F)F)cc(Br)c1O. The van der Waals surface area contributed by atoms with Crippen molar-refractivity contribution in [2.45, 2.75) is 13.1 Å². The van der Waals surface area contributed by atoms with Gasteiger partial charge < -0.3 is 5.11 Å². The summed E-state index contributed by atoms with van der Waals surface area (Å²) in [6.45, 7) is 1.08. The van der Waals surface area contributed by atoms with Crippen LogP contribution in [-0.4, -0.2) is 10.9 Å². The Balaban J connectivity index is 3.43. The number of aromatic hydroxyl groups is 1. The molecule has 1 rings (SSSR count). The van der Waals surface area contributed by atoms with Crippen molar-refractivity contribution in [3.8, 4) is 5.75 Å². The van der Waals surface area contributed by atoms with Crippen LogP contribution >= 0.6 is 15.9 Å². The molecule has 0 aromatic heterocycles. The highest BCUT2D eigenvalue weighted by Gasteiger charge is 2.32. The smallest absolute Gasteiger partial charge is 0.416 e. The highest BCUT2D eigenvalue weighted by atomic mass is 79.9. The molecular weight excluding hydrogens is 277 g/mol. The molecule has 0 radical (unpaired) electrons. The van der Waals surface area contributed by atoms with Crippen LogP contribution in [0.3, 0.4) is 0 Å². The molecule has 0 aliphatic heterocycles. The van der Waals surface area contributed by atoms with Gasteiger partial charge in [0.15, 0.2) is 5.78 Å². The topological polar surface area (TPSA) is 37.3 Å². The lowest BCUT2D eigenvalue weighted by molar-refractivity contribution is -0.137. The molecule has 0 fully saturated rings. The van der Waals surface area contributed by atoms with Crippen molar-refractivity contribution >= 4 is 21.7 Å². The molecule has 82 valence electrons. The fourth-order valence-electron chi connectivity index (χ4n) is 1.03. The first-order valence-electron chi connectivity index (χ1n) is 3.84. The number of halogens is 4. The van der Waals surface area contributed by atoms with E-state index in [0.29, 0.717) is 6.07 Å². The zero-order valence-electron chi connectivity index (χ0n) is 7.52. The number of phenolic OH excluding ortho intramolecular Hbond substituents is 1. The van der Waals surface area contributed by atoms with Crippen LogP contribution in [0.1, 0.15) is 22.8 Å². The van der Waals surface area contributed by atoms with Gasteiger partial charge in [-0.1, -0.05) is 0 Å². The monoisotopic (exact) mass is 282 g/mol. The number of benzene rings is 1. The largest absolute Gasteiger partial charge is 0.506 e. The van der Waals surface area contributed by atoms with E-state index in [0.717, 1.165) is 13.0 Å². The minimum absolute atomic E-state index is 0.150. The van der Waals surface area contributed by atoms with E-state index >= 15 is 0 Å². The number of phenols is 1. The highest BCUT2D eigenvalue weighted by Crippen LogP contribution is 2.37. The number of alkyl halides is 3. The molecular formula is C9H6BrF3O2. The predicted molar refractivity (Wildman–Crippen MR) is 50.8 cm³/mol. The molecule has 0 bridgehead atoms. The van der Waals surface area contributed by atoms with E-state index in [1.165, 1.54) is 0 Å². The van der Waals surface area contributed by atoms with E-state index in [2.05, 4.69) is 15.9 Å². The summed E-state index contributed by atoms with van der Waals surface area (Å²) in [5, 5.41) is 9.32. The van der Waals surface area contributed by atoms with Crippen molar-refractivity contribution in [2.24, 2.45) is 0 Å². The second-order valence-corrected chi connectivity index (χ2v) is 3.76. The number of ketones is 1. The van der Waals surface area contributed by atoms with E-state index in [1.54, 1.807) is 0 Å². The molecule has 0 saturated carbocycles. The standard InChI is InChI=1S/C9H6BrF3O2/c1-4(14)6-2-5(9(11,12)13)3-7(10)8(6)15/h2-3,15H,1H3. The molecule has 0 spiro atoms. The van der Waals surface area contributed by atoms with E-state index in [4.69, 9.17) is 0 Å². The molecule has 0 atom stereocenters. The van der Waals surface area contributed by atoms with Gasteiger partial charge in [0.25, 0.3) is 0 Å². The summed E-state index contributed by atoms with van der Waals surface area (Å²) in [4.78, 5) is 10.9. The van der Waals surface area contributed by atoms with Crippen LogP contribution < -0.4 is 0 Å². The zero-order valence-corrected chi connectivity index (χ0v) is 9.11. The molecule has 0 heterocycles. The minimum Gasteiger partial charge on any atom is -0.506 e. The van der Waals surface area contributed by atoms with Gasteiger partial charge in [-0.3, -0.25) is 4.79 Å². The maximum Gasteiger partial charge on any atom is 0.416 e. The van der Waals surface area contributed by atoms with Crippen LogP contribution in [0.15, 0.2) is 16.6 Å². The summed E-state index contributed by atoms with van der Waals surface area (Å²) in [5.74, 6) is -1.10. The maximum atomic E-state index is 12.3. The molecule has 0 aliphatic rings. The van der Waals surface area contributed by atoms with Gasteiger partial charge in [0.2, 0.25) is 0 Å². The third kappa shape index (κ3) is 2.50. The van der Waals surface area contributed by atoms with Gasteiger partial charge in [0.05, 0.1) is 15.6 Å². The molecule has 15 heavy (non-hydrogen) atoms. The van der Waals surface area contributed by atoms with Crippen LogP contribution in [0, 0.1) is 0 Å². The predicted octanol–water partition coefficient (Wildman–Crippen LogP) is 3.38. The summed E-state index contributed by atoms with van der Waals surface area (Å²) >= 11 is 2.76. The Morgan fingerprint density at radius 1 is 1.40 bits per heavy atom. The average molecular weight is 283 g/mol. The normalized spacial score (nSPS) is 11.5. The van der Waals surface area contributed by atoms with Crippen LogP contribution in [-0.2, 0) is 6.18 Å². The van der Waals surface area contributed by atoms with Crippen molar-refractivity contribution in [3.63, 3.8) is 0 Å². The summed E-state index contributed by atoms with van der Waals surface area (Å²) in [6.07, 6.45) is -4.54. The number of hydrogen-bond acceptors (Lipinski definition) is 2. The lowest BCUT2D eigenvalue weighted by Crippen LogP contribution is -2.07. The molecule has 0 unspecified atom stereocenters. The first-order valence-corrected chi connectivity index (χ1v) is 4.63. The number of hydrogen-bond donors (Lipinski definition) is 1.